The van der Waals surface area contributed by atoms with Crippen molar-refractivity contribution in [1.82, 2.24) is 4.57 Å². The van der Waals surface area contributed by atoms with Gasteiger partial charge in [0.1, 0.15) is 13.1 Å². The number of hydrogen-bond donors (Lipinski definition) is 0. The van der Waals surface area contributed by atoms with E-state index in [9.17, 15) is 0 Å². The van der Waals surface area contributed by atoms with Crippen molar-refractivity contribution in [2.45, 2.75) is 20.8 Å². The number of rotatable bonds is 2. The molecule has 7 rings (SSSR count). The van der Waals surface area contributed by atoms with Crippen LogP contribution in [0.1, 0.15) is 18.1 Å². The van der Waals surface area contributed by atoms with Crippen molar-refractivity contribution in [2.24, 2.45) is 7.05 Å². The van der Waals surface area contributed by atoms with Crippen molar-refractivity contribution in [1.29, 1.82) is 0 Å². The maximum Gasteiger partial charge on any atom is 0.230 e. The van der Waals surface area contributed by atoms with E-state index in [1.807, 2.05) is 29.0 Å². The molecule has 3 aromatic heterocycles. The van der Waals surface area contributed by atoms with Crippen molar-refractivity contribution in [3.63, 3.8) is 0 Å². The van der Waals surface area contributed by atoms with Crippen LogP contribution in [-0.2, 0) is 7.05 Å². The van der Waals surface area contributed by atoms with Gasteiger partial charge in [-0.1, -0.05) is 54.1 Å². The van der Waals surface area contributed by atoms with Crippen LogP contribution in [0.5, 0.6) is 0 Å². The number of para-hydroxylation sites is 2. The molecule has 0 unspecified atom stereocenters. The van der Waals surface area contributed by atoms with Crippen LogP contribution in [0.4, 0.5) is 0 Å². The zero-order valence-corrected chi connectivity index (χ0v) is 21.7. The maximum absolute atomic E-state index is 8.78. The average molecular weight is 485 g/mol. The van der Waals surface area contributed by atoms with Crippen LogP contribution in [0, 0.1) is 20.8 Å². The monoisotopic (exact) mass is 484 g/mol. The molecular formula is C33H27N2S+. The summed E-state index contributed by atoms with van der Waals surface area (Å²) >= 11 is 1.83. The molecule has 36 heavy (non-hydrogen) atoms. The Morgan fingerprint density at radius 2 is 1.44 bits per heavy atom. The summed E-state index contributed by atoms with van der Waals surface area (Å²) in [5.41, 5.74) is 9.75. The van der Waals surface area contributed by atoms with Crippen molar-refractivity contribution >= 4 is 53.3 Å². The first-order chi connectivity index (χ1) is 17.9. The van der Waals surface area contributed by atoms with E-state index in [0.29, 0.717) is 6.17 Å². The van der Waals surface area contributed by atoms with Gasteiger partial charge in [-0.05, 0) is 62.2 Å². The maximum atomic E-state index is 8.78. The molecule has 0 bridgehead atoms. The molecule has 2 nitrogen and oxygen atoms in total. The van der Waals surface area contributed by atoms with E-state index in [1.165, 1.54) is 58.8 Å². The van der Waals surface area contributed by atoms with Gasteiger partial charge in [0.15, 0.2) is 6.17 Å². The molecule has 0 aliphatic rings. The minimum absolute atomic E-state index is 0.521. The van der Waals surface area contributed by atoms with Gasteiger partial charge in [0.2, 0.25) is 5.69 Å². The summed E-state index contributed by atoms with van der Waals surface area (Å²) in [6.45, 7) is 6.53. The molecule has 0 radical (unpaired) electrons. The number of benzene rings is 4. The molecule has 0 aliphatic carbocycles. The lowest BCUT2D eigenvalue weighted by Crippen LogP contribution is -2.30. The number of aryl methyl sites for hydroxylation is 2. The van der Waals surface area contributed by atoms with Gasteiger partial charge < -0.3 is 4.57 Å². The van der Waals surface area contributed by atoms with Crippen LogP contribution in [-0.4, -0.2) is 4.57 Å². The van der Waals surface area contributed by atoms with Crippen molar-refractivity contribution in [3.05, 3.63) is 108 Å². The molecule has 0 N–H and O–H groups in total. The van der Waals surface area contributed by atoms with Crippen LogP contribution >= 0.6 is 11.3 Å². The Morgan fingerprint density at radius 3 is 2.17 bits per heavy atom. The number of thiophene rings is 1. The summed E-state index contributed by atoms with van der Waals surface area (Å²) in [5, 5.41) is 4.91. The van der Waals surface area contributed by atoms with Gasteiger partial charge in [-0.25, -0.2) is 0 Å². The van der Waals surface area contributed by atoms with Crippen molar-refractivity contribution in [2.75, 3.05) is 0 Å². The third kappa shape index (κ3) is 2.99. The van der Waals surface area contributed by atoms with Crippen molar-refractivity contribution < 1.29 is 5.94 Å². The second-order valence-corrected chi connectivity index (χ2v) is 10.9. The first kappa shape index (κ1) is 20.3. The molecule has 4 aromatic carbocycles. The van der Waals surface area contributed by atoms with Crippen LogP contribution in [0.15, 0.2) is 91.1 Å². The fraction of sp³-hybridized carbons (Fsp3) is 0.121. The molecule has 0 saturated heterocycles. The number of pyridine rings is 1. The van der Waals surface area contributed by atoms with Gasteiger partial charge in [0.25, 0.3) is 0 Å². The summed E-state index contributed by atoms with van der Waals surface area (Å²) in [4.78, 5) is 0. The predicted octanol–water partition coefficient (Wildman–Crippen LogP) is 8.57. The molecule has 0 fully saturated rings. The van der Waals surface area contributed by atoms with E-state index >= 15 is 0 Å². The Labute approximate surface area is 216 Å². The molecule has 174 valence electrons. The molecule has 0 spiro atoms. The van der Waals surface area contributed by atoms with E-state index in [2.05, 4.69) is 104 Å². The molecule has 0 aliphatic heterocycles. The van der Waals surface area contributed by atoms with E-state index < -0.39 is 0 Å². The zero-order chi connectivity index (χ0) is 25.4. The fourth-order valence-electron chi connectivity index (χ4n) is 5.73. The number of hydrogen-bond acceptors (Lipinski definition) is 1. The fourth-order valence-corrected chi connectivity index (χ4v) is 7.04. The minimum atomic E-state index is 0.521. The van der Waals surface area contributed by atoms with Gasteiger partial charge in [0, 0.05) is 38.0 Å². The highest BCUT2D eigenvalue weighted by Crippen LogP contribution is 2.41. The van der Waals surface area contributed by atoms with Gasteiger partial charge in [-0.2, -0.15) is 4.57 Å². The molecule has 0 amide bonds. The number of aromatic nitrogens is 2. The quantitative estimate of drug-likeness (QED) is 0.217. The Morgan fingerprint density at radius 1 is 0.750 bits per heavy atom. The second kappa shape index (κ2) is 7.78. The topological polar surface area (TPSA) is 8.81 Å². The lowest BCUT2D eigenvalue weighted by molar-refractivity contribution is -0.659. The highest BCUT2D eigenvalue weighted by molar-refractivity contribution is 7.26. The van der Waals surface area contributed by atoms with Crippen molar-refractivity contribution in [3.8, 4) is 16.9 Å². The molecule has 3 heteroatoms. The SMILES string of the molecule is [2H]c1cc2c(sc3cc(-n4c5ccccc5c5ccccc54)ccc32)c(-c2cc(C)cc(C)c2C)[n+]1C. The first-order valence-electron chi connectivity index (χ1n) is 12.8. The predicted molar refractivity (Wildman–Crippen MR) is 154 cm³/mol. The summed E-state index contributed by atoms with van der Waals surface area (Å²) < 4.78 is 15.7. The molecule has 0 saturated carbocycles. The van der Waals surface area contributed by atoms with E-state index in [0.717, 1.165) is 16.8 Å². The Kier molecular flexibility index (Phi) is 4.38. The normalized spacial score (nSPS) is 12.3. The van der Waals surface area contributed by atoms with Crippen LogP contribution in [0.3, 0.4) is 0 Å². The van der Waals surface area contributed by atoms with E-state index in [-0.39, 0.29) is 0 Å². The largest absolute Gasteiger partial charge is 0.309 e. The summed E-state index contributed by atoms with van der Waals surface area (Å²) in [6.07, 6.45) is 0.521. The summed E-state index contributed by atoms with van der Waals surface area (Å²) in [6, 6.07) is 30.6. The Bertz CT molecular complexity index is 1990. The molecule has 0 atom stereocenters. The van der Waals surface area contributed by atoms with E-state index in [4.69, 9.17) is 1.37 Å². The standard InChI is InChI=1S/C33H27N2S/c1-20-17-21(2)22(3)28(18-20)32-33-27(15-16-34(32)4)26-14-13-23(19-31(26)36-33)35-29-11-7-5-9-24(29)25-10-6-8-12-30(25)35/h5-19H,1-4H3/q+1/i16D. The highest BCUT2D eigenvalue weighted by atomic mass is 32.1. The lowest BCUT2D eigenvalue weighted by Gasteiger charge is -2.10. The lowest BCUT2D eigenvalue weighted by atomic mass is 9.96. The van der Waals surface area contributed by atoms with Gasteiger partial charge in [-0.3, -0.25) is 0 Å². The highest BCUT2D eigenvalue weighted by Gasteiger charge is 2.22. The number of nitrogens with zero attached hydrogens (tertiary/aromatic N) is 2. The Balaban J connectivity index is 1.54. The van der Waals surface area contributed by atoms with E-state index in [1.54, 1.807) is 0 Å². The molecular weight excluding hydrogens is 456 g/mol. The van der Waals surface area contributed by atoms with Gasteiger partial charge in [-0.15, -0.1) is 11.3 Å². The third-order valence-corrected chi connectivity index (χ3v) is 8.75. The summed E-state index contributed by atoms with van der Waals surface area (Å²) in [7, 11) is 2.02. The van der Waals surface area contributed by atoms with Crippen LogP contribution in [0.25, 0.3) is 58.9 Å². The van der Waals surface area contributed by atoms with Crippen LogP contribution in [0.2, 0.25) is 0 Å². The summed E-state index contributed by atoms with van der Waals surface area (Å²) in [5.74, 6) is 0. The molecule has 3 heterocycles. The van der Waals surface area contributed by atoms with Gasteiger partial charge >= 0.3 is 0 Å². The average Bonchev–Trinajstić information content (AvgIpc) is 3.42. The third-order valence-electron chi connectivity index (χ3n) is 7.57. The number of fused-ring (bicyclic) bond motifs is 6. The van der Waals surface area contributed by atoms with Gasteiger partial charge in [0.05, 0.1) is 16.6 Å². The molecule has 7 aromatic rings. The second-order valence-electron chi connectivity index (χ2n) is 9.83. The van der Waals surface area contributed by atoms with Crippen LogP contribution < -0.4 is 4.57 Å². The first-order valence-corrected chi connectivity index (χ1v) is 13.2. The Hall–Kier alpha value is -3.95. The minimum Gasteiger partial charge on any atom is -0.309 e. The zero-order valence-electron chi connectivity index (χ0n) is 21.9. The smallest absolute Gasteiger partial charge is 0.230 e.